The number of carbonyl (C=O) groups excluding carboxylic acids is 1. The summed E-state index contributed by atoms with van der Waals surface area (Å²) in [4.78, 5) is 12.3. The zero-order valence-corrected chi connectivity index (χ0v) is 11.8. The van der Waals surface area contributed by atoms with Crippen molar-refractivity contribution in [1.29, 1.82) is 0 Å². The summed E-state index contributed by atoms with van der Waals surface area (Å²) < 4.78 is 6.61. The fraction of sp³-hybridized carbons (Fsp3) is 0.500. The second-order valence-corrected chi connectivity index (χ2v) is 5.49. The second kappa shape index (κ2) is 5.32. The molecule has 0 aromatic heterocycles. The first-order chi connectivity index (χ1) is 8.09. The number of rotatable bonds is 2. The fourth-order valence-corrected chi connectivity index (χ4v) is 2.63. The topological polar surface area (TPSA) is 26.3 Å². The summed E-state index contributed by atoms with van der Waals surface area (Å²) in [6.07, 6.45) is 2.78. The van der Waals surface area contributed by atoms with E-state index in [4.69, 9.17) is 4.74 Å². The minimum Gasteiger partial charge on any atom is -0.370 e. The Morgan fingerprint density at radius 2 is 2.06 bits per heavy atom. The van der Waals surface area contributed by atoms with Crippen LogP contribution in [-0.2, 0) is 4.74 Å². The van der Waals surface area contributed by atoms with Gasteiger partial charge in [-0.1, -0.05) is 15.9 Å². The number of benzene rings is 1. The molecule has 2 nitrogen and oxygen atoms in total. The van der Waals surface area contributed by atoms with Gasteiger partial charge in [0, 0.05) is 16.6 Å². The van der Waals surface area contributed by atoms with E-state index in [1.807, 2.05) is 26.0 Å². The molecule has 92 valence electrons. The molecule has 0 saturated carbocycles. The Hall–Kier alpha value is -0.670. The number of Topliss-reactive ketones (excluding diaryl/α,β-unsaturated/α-hetero) is 1. The quantitative estimate of drug-likeness (QED) is 0.776. The molecule has 1 atom stereocenters. The maximum Gasteiger partial charge on any atom is 0.191 e. The molecule has 0 radical (unpaired) electrons. The Balaban J connectivity index is 2.26. The maximum absolute atomic E-state index is 12.3. The minimum absolute atomic E-state index is 0.137. The van der Waals surface area contributed by atoms with Crippen molar-refractivity contribution in [2.75, 3.05) is 6.61 Å². The van der Waals surface area contributed by atoms with Crippen molar-refractivity contribution in [3.63, 3.8) is 0 Å². The first-order valence-electron chi connectivity index (χ1n) is 6.02. The van der Waals surface area contributed by atoms with E-state index in [-0.39, 0.29) is 11.9 Å². The monoisotopic (exact) mass is 296 g/mol. The van der Waals surface area contributed by atoms with Crippen molar-refractivity contribution in [2.45, 2.75) is 39.2 Å². The first-order valence-corrected chi connectivity index (χ1v) is 6.81. The molecule has 3 heteroatoms. The van der Waals surface area contributed by atoms with Gasteiger partial charge in [0.25, 0.3) is 0 Å². The van der Waals surface area contributed by atoms with Crippen molar-refractivity contribution >= 4 is 21.7 Å². The number of halogens is 1. The molecular weight excluding hydrogens is 280 g/mol. The zero-order chi connectivity index (χ0) is 12.4. The Bertz CT molecular complexity index is 434. The Labute approximate surface area is 110 Å². The number of aryl methyl sites for hydroxylation is 2. The lowest BCUT2D eigenvalue weighted by atomic mass is 9.95. The molecular formula is C14H17BrO2. The molecule has 0 amide bonds. The van der Waals surface area contributed by atoms with Crippen molar-refractivity contribution in [3.8, 4) is 0 Å². The third kappa shape index (κ3) is 2.78. The van der Waals surface area contributed by atoms with Crippen LogP contribution in [0.15, 0.2) is 16.6 Å². The van der Waals surface area contributed by atoms with Crippen LogP contribution in [0.4, 0.5) is 0 Å². The van der Waals surface area contributed by atoms with Crippen molar-refractivity contribution in [3.05, 3.63) is 33.3 Å². The molecule has 1 aromatic rings. The number of hydrogen-bond acceptors (Lipinski definition) is 2. The summed E-state index contributed by atoms with van der Waals surface area (Å²) in [6, 6.07) is 3.96. The van der Waals surface area contributed by atoms with Crippen molar-refractivity contribution in [2.24, 2.45) is 0 Å². The molecule has 0 aliphatic carbocycles. The standard InChI is InChI=1S/C14H17BrO2/c1-9-8-12(15)10(2)7-11(9)14(16)13-5-3-4-6-17-13/h7-8,13H,3-6H2,1-2H3. The average Bonchev–Trinajstić information content (AvgIpc) is 2.34. The number of ketones is 1. The molecule has 1 heterocycles. The summed E-state index contributed by atoms with van der Waals surface area (Å²) in [7, 11) is 0. The van der Waals surface area contributed by atoms with Crippen LogP contribution >= 0.6 is 15.9 Å². The van der Waals surface area contributed by atoms with Crippen LogP contribution in [0.25, 0.3) is 0 Å². The molecule has 2 rings (SSSR count). The van der Waals surface area contributed by atoms with Crippen LogP contribution in [0.2, 0.25) is 0 Å². The molecule has 17 heavy (non-hydrogen) atoms. The van der Waals surface area contributed by atoms with E-state index in [0.717, 1.165) is 40.4 Å². The van der Waals surface area contributed by atoms with Crippen LogP contribution < -0.4 is 0 Å². The smallest absolute Gasteiger partial charge is 0.191 e. The molecule has 1 unspecified atom stereocenters. The van der Waals surface area contributed by atoms with Gasteiger partial charge < -0.3 is 4.74 Å². The third-order valence-corrected chi connectivity index (χ3v) is 4.10. The molecule has 0 bridgehead atoms. The normalized spacial score (nSPS) is 20.3. The van der Waals surface area contributed by atoms with Gasteiger partial charge in [-0.15, -0.1) is 0 Å². The maximum atomic E-state index is 12.3. The summed E-state index contributed by atoms with van der Waals surface area (Å²) in [6.45, 7) is 4.69. The van der Waals surface area contributed by atoms with Gasteiger partial charge in [0.15, 0.2) is 5.78 Å². The highest BCUT2D eigenvalue weighted by Gasteiger charge is 2.24. The van der Waals surface area contributed by atoms with Gasteiger partial charge in [0.1, 0.15) is 6.10 Å². The van der Waals surface area contributed by atoms with Crippen LogP contribution in [0, 0.1) is 13.8 Å². The number of ether oxygens (including phenoxy) is 1. The van der Waals surface area contributed by atoms with E-state index in [0.29, 0.717) is 6.61 Å². The van der Waals surface area contributed by atoms with E-state index in [1.165, 1.54) is 0 Å². The highest BCUT2D eigenvalue weighted by atomic mass is 79.9. The van der Waals surface area contributed by atoms with Gasteiger partial charge in [0.05, 0.1) is 0 Å². The van der Waals surface area contributed by atoms with E-state index < -0.39 is 0 Å². The van der Waals surface area contributed by atoms with E-state index >= 15 is 0 Å². The Morgan fingerprint density at radius 1 is 1.29 bits per heavy atom. The van der Waals surface area contributed by atoms with Gasteiger partial charge in [-0.3, -0.25) is 4.79 Å². The zero-order valence-electron chi connectivity index (χ0n) is 10.3. The summed E-state index contributed by atoms with van der Waals surface area (Å²) >= 11 is 3.48. The molecule has 1 fully saturated rings. The Kier molecular flexibility index (Phi) is 4.00. The number of hydrogen-bond donors (Lipinski definition) is 0. The number of carbonyl (C=O) groups is 1. The van der Waals surface area contributed by atoms with Gasteiger partial charge in [-0.2, -0.15) is 0 Å². The molecule has 0 N–H and O–H groups in total. The lowest BCUT2D eigenvalue weighted by Crippen LogP contribution is -2.28. The lowest BCUT2D eigenvalue weighted by molar-refractivity contribution is 0.0186. The second-order valence-electron chi connectivity index (χ2n) is 4.64. The van der Waals surface area contributed by atoms with E-state index in [9.17, 15) is 4.79 Å². The van der Waals surface area contributed by atoms with E-state index in [1.54, 1.807) is 0 Å². The highest BCUT2D eigenvalue weighted by molar-refractivity contribution is 9.10. The van der Waals surface area contributed by atoms with Crippen LogP contribution in [0.1, 0.15) is 40.7 Å². The van der Waals surface area contributed by atoms with Crippen LogP contribution in [0.3, 0.4) is 0 Å². The molecule has 1 aliphatic rings. The average molecular weight is 297 g/mol. The summed E-state index contributed by atoms with van der Waals surface area (Å²) in [5.74, 6) is 0.137. The summed E-state index contributed by atoms with van der Waals surface area (Å²) in [5, 5.41) is 0. The van der Waals surface area contributed by atoms with Gasteiger partial charge in [-0.25, -0.2) is 0 Å². The minimum atomic E-state index is -0.233. The highest BCUT2D eigenvalue weighted by Crippen LogP contribution is 2.24. The van der Waals surface area contributed by atoms with Crippen LogP contribution in [-0.4, -0.2) is 18.5 Å². The molecule has 1 saturated heterocycles. The Morgan fingerprint density at radius 3 is 2.71 bits per heavy atom. The molecule has 1 aromatic carbocycles. The third-order valence-electron chi connectivity index (χ3n) is 3.24. The first kappa shape index (κ1) is 12.8. The molecule has 1 aliphatic heterocycles. The van der Waals surface area contributed by atoms with Crippen molar-refractivity contribution < 1.29 is 9.53 Å². The lowest BCUT2D eigenvalue weighted by Gasteiger charge is -2.22. The SMILES string of the molecule is Cc1cc(C(=O)C2CCCCO2)c(C)cc1Br. The predicted octanol–water partition coefficient (Wildman–Crippen LogP) is 3.82. The largest absolute Gasteiger partial charge is 0.370 e. The van der Waals surface area contributed by atoms with Gasteiger partial charge >= 0.3 is 0 Å². The molecule has 0 spiro atoms. The van der Waals surface area contributed by atoms with E-state index in [2.05, 4.69) is 15.9 Å². The fourth-order valence-electron chi connectivity index (χ4n) is 2.17. The van der Waals surface area contributed by atoms with Gasteiger partial charge in [0.2, 0.25) is 0 Å². The predicted molar refractivity (Wildman–Crippen MR) is 71.5 cm³/mol. The summed E-state index contributed by atoms with van der Waals surface area (Å²) in [5.41, 5.74) is 2.91. The van der Waals surface area contributed by atoms with Crippen LogP contribution in [0.5, 0.6) is 0 Å². The van der Waals surface area contributed by atoms with Gasteiger partial charge in [-0.05, 0) is 56.4 Å². The van der Waals surface area contributed by atoms with Crippen molar-refractivity contribution in [1.82, 2.24) is 0 Å².